The van der Waals surface area contributed by atoms with Gasteiger partial charge in [-0.15, -0.1) is 0 Å². The Balaban J connectivity index is 1.50. The van der Waals surface area contributed by atoms with Gasteiger partial charge in [-0.05, 0) is 49.2 Å². The van der Waals surface area contributed by atoms with Crippen LogP contribution in [0.3, 0.4) is 0 Å². The molecule has 1 aliphatic rings. The Morgan fingerprint density at radius 1 is 1.24 bits per heavy atom. The number of carbonyl (C=O) groups excluding carboxylic acids is 1. The second kappa shape index (κ2) is 6.51. The van der Waals surface area contributed by atoms with Gasteiger partial charge in [0.05, 0.1) is 12.2 Å². The third-order valence-corrected chi connectivity index (χ3v) is 4.33. The number of amides is 1. The summed E-state index contributed by atoms with van der Waals surface area (Å²) in [6.07, 6.45) is 3.21. The lowest BCUT2D eigenvalue weighted by molar-refractivity contribution is 0.0663. The topological polar surface area (TPSA) is 72.4 Å². The van der Waals surface area contributed by atoms with E-state index in [0.29, 0.717) is 36.1 Å². The van der Waals surface area contributed by atoms with Crippen molar-refractivity contribution >= 4 is 5.91 Å². The van der Waals surface area contributed by atoms with Crippen LogP contribution in [0.1, 0.15) is 35.2 Å². The van der Waals surface area contributed by atoms with Crippen LogP contribution in [0.15, 0.2) is 51.6 Å². The maximum Gasteiger partial charge on any atom is 0.289 e. The van der Waals surface area contributed by atoms with Crippen molar-refractivity contribution in [3.63, 3.8) is 0 Å². The Morgan fingerprint density at radius 2 is 2.08 bits per heavy atom. The minimum Gasteiger partial charge on any atom is -0.459 e. The molecule has 4 rings (SSSR count). The largest absolute Gasteiger partial charge is 0.459 e. The summed E-state index contributed by atoms with van der Waals surface area (Å²) >= 11 is 0. The van der Waals surface area contributed by atoms with E-state index >= 15 is 0 Å². The number of benzene rings is 1. The minimum atomic E-state index is -0.313. The number of furan rings is 1. The maximum absolute atomic E-state index is 13.0. The van der Waals surface area contributed by atoms with Gasteiger partial charge in [-0.2, -0.15) is 4.98 Å². The second-order valence-corrected chi connectivity index (χ2v) is 6.03. The highest BCUT2D eigenvalue weighted by molar-refractivity contribution is 5.91. The molecule has 0 N–H and O–H groups in total. The summed E-state index contributed by atoms with van der Waals surface area (Å²) in [7, 11) is 0. The van der Waals surface area contributed by atoms with Crippen LogP contribution in [0.2, 0.25) is 0 Å². The monoisotopic (exact) mass is 341 g/mol. The number of nitrogens with zero attached hydrogens (tertiary/aromatic N) is 3. The number of rotatable bonds is 3. The molecule has 2 aromatic heterocycles. The molecule has 1 atom stereocenters. The van der Waals surface area contributed by atoms with Gasteiger partial charge in [0.15, 0.2) is 5.76 Å². The van der Waals surface area contributed by atoms with Crippen molar-refractivity contribution in [1.82, 2.24) is 15.0 Å². The van der Waals surface area contributed by atoms with Gasteiger partial charge in [0.2, 0.25) is 11.7 Å². The van der Waals surface area contributed by atoms with E-state index in [4.69, 9.17) is 8.94 Å². The SMILES string of the molecule is O=C(c1ccco1)N1CCCC(c2nc(-c3ccc(F)cc3)no2)C1. The first-order valence-electron chi connectivity index (χ1n) is 8.13. The van der Waals surface area contributed by atoms with Crippen LogP contribution in [0, 0.1) is 5.82 Å². The third kappa shape index (κ3) is 3.17. The molecular weight excluding hydrogens is 325 g/mol. The molecule has 0 radical (unpaired) electrons. The van der Waals surface area contributed by atoms with E-state index in [1.54, 1.807) is 29.2 Å². The molecule has 1 unspecified atom stereocenters. The second-order valence-electron chi connectivity index (χ2n) is 6.03. The number of carbonyl (C=O) groups is 1. The molecule has 1 aromatic carbocycles. The Kier molecular flexibility index (Phi) is 4.05. The van der Waals surface area contributed by atoms with Crippen molar-refractivity contribution in [2.45, 2.75) is 18.8 Å². The first-order valence-corrected chi connectivity index (χ1v) is 8.13. The molecule has 128 valence electrons. The minimum absolute atomic E-state index is 0.0191. The zero-order chi connectivity index (χ0) is 17.2. The van der Waals surface area contributed by atoms with Gasteiger partial charge < -0.3 is 13.8 Å². The van der Waals surface area contributed by atoms with E-state index in [1.807, 2.05) is 0 Å². The van der Waals surface area contributed by atoms with E-state index < -0.39 is 0 Å². The van der Waals surface area contributed by atoms with Crippen molar-refractivity contribution in [2.75, 3.05) is 13.1 Å². The standard InChI is InChI=1S/C18H16FN3O3/c19-14-7-5-12(6-8-14)16-20-17(25-21-16)13-3-1-9-22(11-13)18(23)15-4-2-10-24-15/h2,4-8,10,13H,1,3,9,11H2. The quantitative estimate of drug-likeness (QED) is 0.729. The number of piperidine rings is 1. The van der Waals surface area contributed by atoms with Crippen LogP contribution in [-0.2, 0) is 0 Å². The average molecular weight is 341 g/mol. The molecule has 7 heteroatoms. The van der Waals surface area contributed by atoms with Crippen molar-refractivity contribution in [1.29, 1.82) is 0 Å². The predicted molar refractivity (Wildman–Crippen MR) is 86.3 cm³/mol. The highest BCUT2D eigenvalue weighted by atomic mass is 19.1. The van der Waals surface area contributed by atoms with E-state index in [1.165, 1.54) is 18.4 Å². The van der Waals surface area contributed by atoms with Crippen LogP contribution in [0.25, 0.3) is 11.4 Å². The number of hydrogen-bond donors (Lipinski definition) is 0. The molecule has 0 aliphatic carbocycles. The smallest absolute Gasteiger partial charge is 0.289 e. The van der Waals surface area contributed by atoms with E-state index in [2.05, 4.69) is 10.1 Å². The lowest BCUT2D eigenvalue weighted by Crippen LogP contribution is -2.39. The fourth-order valence-electron chi connectivity index (χ4n) is 3.04. The zero-order valence-corrected chi connectivity index (χ0v) is 13.4. The highest BCUT2D eigenvalue weighted by Crippen LogP contribution is 2.28. The first-order chi connectivity index (χ1) is 12.2. The first kappa shape index (κ1) is 15.6. The fourth-order valence-corrected chi connectivity index (χ4v) is 3.04. The van der Waals surface area contributed by atoms with Gasteiger partial charge in [0, 0.05) is 18.7 Å². The van der Waals surface area contributed by atoms with Gasteiger partial charge >= 0.3 is 0 Å². The van der Waals surface area contributed by atoms with Crippen LogP contribution in [0.5, 0.6) is 0 Å². The lowest BCUT2D eigenvalue weighted by Gasteiger charge is -2.30. The molecule has 6 nitrogen and oxygen atoms in total. The third-order valence-electron chi connectivity index (χ3n) is 4.33. The van der Waals surface area contributed by atoms with Crippen LogP contribution >= 0.6 is 0 Å². The van der Waals surface area contributed by atoms with E-state index in [9.17, 15) is 9.18 Å². The Morgan fingerprint density at radius 3 is 2.84 bits per heavy atom. The maximum atomic E-state index is 13.0. The van der Waals surface area contributed by atoms with Crippen LogP contribution in [0.4, 0.5) is 4.39 Å². The van der Waals surface area contributed by atoms with Gasteiger partial charge in [-0.1, -0.05) is 5.16 Å². The molecule has 0 spiro atoms. The fraction of sp³-hybridized carbons (Fsp3) is 0.278. The van der Waals surface area contributed by atoms with Crippen LogP contribution < -0.4 is 0 Å². The summed E-state index contributed by atoms with van der Waals surface area (Å²) < 4.78 is 23.6. The number of aromatic nitrogens is 2. The molecule has 1 saturated heterocycles. The normalized spacial score (nSPS) is 17.6. The summed E-state index contributed by atoms with van der Waals surface area (Å²) in [5.74, 6) is 0.785. The summed E-state index contributed by atoms with van der Waals surface area (Å²) in [6, 6.07) is 9.29. The number of halogens is 1. The van der Waals surface area contributed by atoms with Crippen molar-refractivity contribution in [2.24, 2.45) is 0 Å². The summed E-state index contributed by atoms with van der Waals surface area (Å²) in [4.78, 5) is 18.6. The Labute approximate surface area is 143 Å². The average Bonchev–Trinajstić information content (AvgIpc) is 3.34. The van der Waals surface area contributed by atoms with Crippen molar-refractivity contribution < 1.29 is 18.1 Å². The van der Waals surface area contributed by atoms with Crippen molar-refractivity contribution in [3.8, 4) is 11.4 Å². The molecule has 1 aliphatic heterocycles. The molecule has 0 bridgehead atoms. The lowest BCUT2D eigenvalue weighted by atomic mass is 9.97. The van der Waals surface area contributed by atoms with Gasteiger partial charge in [0.1, 0.15) is 5.82 Å². The zero-order valence-electron chi connectivity index (χ0n) is 13.4. The van der Waals surface area contributed by atoms with E-state index in [0.717, 1.165) is 12.8 Å². The van der Waals surface area contributed by atoms with E-state index in [-0.39, 0.29) is 17.6 Å². The van der Waals surface area contributed by atoms with Gasteiger partial charge in [-0.3, -0.25) is 4.79 Å². The summed E-state index contributed by atoms with van der Waals surface area (Å²) in [5.41, 5.74) is 0.690. The van der Waals surface area contributed by atoms with Gasteiger partial charge in [-0.25, -0.2) is 4.39 Å². The Hall–Kier alpha value is -2.96. The molecule has 3 aromatic rings. The summed E-state index contributed by atoms with van der Waals surface area (Å²) in [5, 5.41) is 3.98. The highest BCUT2D eigenvalue weighted by Gasteiger charge is 2.30. The molecular formula is C18H16FN3O3. The molecule has 3 heterocycles. The predicted octanol–water partition coefficient (Wildman–Crippen LogP) is 3.49. The molecule has 1 fully saturated rings. The molecule has 1 amide bonds. The Bertz CT molecular complexity index is 858. The molecule has 25 heavy (non-hydrogen) atoms. The number of hydrogen-bond acceptors (Lipinski definition) is 5. The number of likely N-dealkylation sites (tertiary alicyclic amines) is 1. The molecule has 0 saturated carbocycles. The van der Waals surface area contributed by atoms with Crippen LogP contribution in [-0.4, -0.2) is 34.0 Å². The van der Waals surface area contributed by atoms with Gasteiger partial charge in [0.25, 0.3) is 5.91 Å². The van der Waals surface area contributed by atoms with Crippen molar-refractivity contribution in [3.05, 3.63) is 60.1 Å². The summed E-state index contributed by atoms with van der Waals surface area (Å²) in [6.45, 7) is 1.18.